The van der Waals surface area contributed by atoms with E-state index < -0.39 is 0 Å². The lowest BCUT2D eigenvalue weighted by molar-refractivity contribution is 0.473. The van der Waals surface area contributed by atoms with E-state index in [1.54, 1.807) is 6.21 Å². The van der Waals surface area contributed by atoms with Gasteiger partial charge in [0.2, 0.25) is 0 Å². The number of aliphatic hydroxyl groups is 1. The number of thiol groups is 1. The lowest BCUT2D eigenvalue weighted by atomic mass is 10.3. The first kappa shape index (κ1) is 13.0. The molecule has 74 valence electrons. The largest absolute Gasteiger partial charge is 0.514 e. The third-order valence-corrected chi connectivity index (χ3v) is 3.12. The van der Waals surface area contributed by atoms with Crippen molar-refractivity contribution in [2.75, 3.05) is 0 Å². The van der Waals surface area contributed by atoms with Crippen LogP contribution in [0.25, 0.3) is 0 Å². The molecule has 0 fully saturated rings. The van der Waals surface area contributed by atoms with E-state index in [1.807, 2.05) is 26.0 Å². The number of aliphatic imine (C=N–C) groups is 1. The van der Waals surface area contributed by atoms with Crippen LogP contribution in [0.5, 0.6) is 0 Å². The van der Waals surface area contributed by atoms with Crippen molar-refractivity contribution >= 4 is 38.5 Å². The van der Waals surface area contributed by atoms with Crippen molar-refractivity contribution in [3.05, 3.63) is 23.3 Å². The van der Waals surface area contributed by atoms with Gasteiger partial charge in [0.1, 0.15) is 0 Å². The maximum Gasteiger partial charge on any atom is 0.0952 e. The molecular formula is C8H13NOS3. The predicted octanol–water partition coefficient (Wildman–Crippen LogP) is 3.65. The second-order valence-corrected chi connectivity index (χ2v) is 5.31. The van der Waals surface area contributed by atoms with Gasteiger partial charge in [0.25, 0.3) is 0 Å². The Morgan fingerprint density at radius 1 is 1.62 bits per heavy atom. The SMILES string of the molecule is C/C=C\C(C)/N=C\C(=C/O)SSS. The van der Waals surface area contributed by atoms with Gasteiger partial charge in [-0.1, -0.05) is 23.8 Å². The average molecular weight is 235 g/mol. The highest BCUT2D eigenvalue weighted by atomic mass is 33.5. The topological polar surface area (TPSA) is 32.6 Å². The van der Waals surface area contributed by atoms with Gasteiger partial charge in [-0.05, 0) is 34.5 Å². The Morgan fingerprint density at radius 2 is 2.31 bits per heavy atom. The Morgan fingerprint density at radius 3 is 2.77 bits per heavy atom. The van der Waals surface area contributed by atoms with Gasteiger partial charge < -0.3 is 5.11 Å². The van der Waals surface area contributed by atoms with E-state index in [0.717, 1.165) is 6.26 Å². The third kappa shape index (κ3) is 7.10. The molecule has 0 amide bonds. The van der Waals surface area contributed by atoms with Crippen molar-refractivity contribution < 1.29 is 5.11 Å². The molecule has 0 aromatic carbocycles. The van der Waals surface area contributed by atoms with Crippen LogP contribution in [0.3, 0.4) is 0 Å². The van der Waals surface area contributed by atoms with Gasteiger partial charge in [0.05, 0.1) is 17.2 Å². The Kier molecular flexibility index (Phi) is 8.59. The van der Waals surface area contributed by atoms with Gasteiger partial charge >= 0.3 is 0 Å². The van der Waals surface area contributed by atoms with Gasteiger partial charge in [0.15, 0.2) is 0 Å². The van der Waals surface area contributed by atoms with Crippen molar-refractivity contribution in [3.63, 3.8) is 0 Å². The summed E-state index contributed by atoms with van der Waals surface area (Å²) in [5.74, 6) is 0. The molecular weight excluding hydrogens is 222 g/mol. The molecule has 0 rings (SSSR count). The summed E-state index contributed by atoms with van der Waals surface area (Å²) >= 11 is 3.95. The second-order valence-electron chi connectivity index (χ2n) is 2.23. The van der Waals surface area contributed by atoms with Crippen LogP contribution in [0.4, 0.5) is 0 Å². The first-order chi connectivity index (χ1) is 6.24. The smallest absolute Gasteiger partial charge is 0.0952 e. The second kappa shape index (κ2) is 8.59. The van der Waals surface area contributed by atoms with Crippen LogP contribution >= 0.6 is 32.3 Å². The summed E-state index contributed by atoms with van der Waals surface area (Å²) in [4.78, 5) is 4.89. The molecule has 5 heteroatoms. The van der Waals surface area contributed by atoms with Gasteiger partial charge in [0, 0.05) is 6.21 Å². The fourth-order valence-electron chi connectivity index (χ4n) is 0.639. The first-order valence-electron chi connectivity index (χ1n) is 3.73. The molecule has 0 saturated heterocycles. The molecule has 2 nitrogen and oxygen atoms in total. The van der Waals surface area contributed by atoms with Crippen molar-refractivity contribution in [2.45, 2.75) is 19.9 Å². The lowest BCUT2D eigenvalue weighted by Crippen LogP contribution is -1.92. The van der Waals surface area contributed by atoms with Gasteiger partial charge in [-0.3, -0.25) is 4.99 Å². The van der Waals surface area contributed by atoms with E-state index in [2.05, 4.69) is 16.7 Å². The molecule has 0 aromatic heterocycles. The molecule has 0 aliphatic carbocycles. The lowest BCUT2D eigenvalue weighted by Gasteiger charge is -1.98. The van der Waals surface area contributed by atoms with Gasteiger partial charge in [-0.15, -0.1) is 0 Å². The molecule has 0 aliphatic heterocycles. The average Bonchev–Trinajstić information content (AvgIpc) is 2.12. The normalized spacial score (nSPS) is 15.8. The molecule has 1 unspecified atom stereocenters. The van der Waals surface area contributed by atoms with Crippen LogP contribution in [0.1, 0.15) is 13.8 Å². The highest BCUT2D eigenvalue weighted by Gasteiger charge is 1.94. The molecule has 0 heterocycles. The monoisotopic (exact) mass is 235 g/mol. The quantitative estimate of drug-likeness (QED) is 0.251. The molecule has 1 atom stereocenters. The highest BCUT2D eigenvalue weighted by Crippen LogP contribution is 2.31. The maximum atomic E-state index is 8.76. The zero-order valence-corrected chi connectivity index (χ0v) is 10.1. The van der Waals surface area contributed by atoms with Crippen LogP contribution in [-0.2, 0) is 0 Å². The Labute approximate surface area is 91.8 Å². The molecule has 1 N–H and O–H groups in total. The number of aliphatic hydroxyl groups excluding tert-OH is 1. The van der Waals surface area contributed by atoms with Crippen molar-refractivity contribution in [3.8, 4) is 0 Å². The fraction of sp³-hybridized carbons (Fsp3) is 0.375. The minimum Gasteiger partial charge on any atom is -0.514 e. The third-order valence-electron chi connectivity index (χ3n) is 1.17. The summed E-state index contributed by atoms with van der Waals surface area (Å²) in [5.41, 5.74) is 0. The number of rotatable bonds is 5. The number of hydrogen-bond acceptors (Lipinski definition) is 5. The molecule has 0 spiro atoms. The van der Waals surface area contributed by atoms with E-state index in [9.17, 15) is 0 Å². The van der Waals surface area contributed by atoms with E-state index in [1.165, 1.54) is 20.6 Å². The molecule has 0 bridgehead atoms. The summed E-state index contributed by atoms with van der Waals surface area (Å²) in [6.45, 7) is 3.93. The van der Waals surface area contributed by atoms with E-state index in [0.29, 0.717) is 4.91 Å². The van der Waals surface area contributed by atoms with E-state index >= 15 is 0 Å². The van der Waals surface area contributed by atoms with Crippen molar-refractivity contribution in [1.82, 2.24) is 0 Å². The summed E-state index contributed by atoms with van der Waals surface area (Å²) in [6, 6.07) is 0.144. The molecule has 13 heavy (non-hydrogen) atoms. The molecule has 0 aliphatic rings. The van der Waals surface area contributed by atoms with Crippen LogP contribution in [0, 0.1) is 0 Å². The summed E-state index contributed by atoms with van der Waals surface area (Å²) in [5, 5.41) is 8.76. The Bertz CT molecular complexity index is 213. The first-order valence-corrected chi connectivity index (χ1v) is 6.93. The number of allylic oxidation sites excluding steroid dienone is 2. The Hall–Kier alpha value is -0.000000000000000111. The summed E-state index contributed by atoms with van der Waals surface area (Å²) in [7, 11) is 2.63. The zero-order chi connectivity index (χ0) is 10.1. The van der Waals surface area contributed by atoms with Crippen molar-refractivity contribution in [1.29, 1.82) is 0 Å². The van der Waals surface area contributed by atoms with E-state index in [-0.39, 0.29) is 6.04 Å². The van der Waals surface area contributed by atoms with Crippen LogP contribution in [0.15, 0.2) is 28.3 Å². The maximum absolute atomic E-state index is 8.76. The Balaban J connectivity index is 4.07. The zero-order valence-electron chi connectivity index (χ0n) is 7.54. The fourth-order valence-corrected chi connectivity index (χ4v) is 2.16. The predicted molar refractivity (Wildman–Crippen MR) is 67.6 cm³/mol. The minimum atomic E-state index is 0.144. The molecule has 0 aromatic rings. The van der Waals surface area contributed by atoms with Gasteiger partial charge in [-0.25, -0.2) is 0 Å². The van der Waals surface area contributed by atoms with E-state index in [4.69, 9.17) is 5.11 Å². The minimum absolute atomic E-state index is 0.144. The highest BCUT2D eigenvalue weighted by molar-refractivity contribution is 9.06. The van der Waals surface area contributed by atoms with Crippen LogP contribution < -0.4 is 0 Å². The number of nitrogens with zero attached hydrogens (tertiary/aromatic N) is 1. The molecule has 0 radical (unpaired) electrons. The summed E-state index contributed by atoms with van der Waals surface area (Å²) < 4.78 is 0. The summed E-state index contributed by atoms with van der Waals surface area (Å²) in [6.07, 6.45) is 6.59. The van der Waals surface area contributed by atoms with Crippen LogP contribution in [-0.4, -0.2) is 17.4 Å². The standard InChI is InChI=1S/C8H13NOS3/c1-3-4-7(2)9-5-8(6-10)12-13-11/h3-7,10-11H,1-2H3/b4-3-,8-6+,9-5-. The molecule has 0 saturated carbocycles. The number of hydrogen-bond donors (Lipinski definition) is 2. The van der Waals surface area contributed by atoms with Crippen molar-refractivity contribution in [2.24, 2.45) is 4.99 Å². The van der Waals surface area contributed by atoms with Gasteiger partial charge in [-0.2, -0.15) is 0 Å². The van der Waals surface area contributed by atoms with Crippen LogP contribution in [0.2, 0.25) is 0 Å².